The van der Waals surface area contributed by atoms with Crippen molar-refractivity contribution in [1.29, 1.82) is 0 Å². The first-order valence-electron chi connectivity index (χ1n) is 4.40. The molecule has 0 radical (unpaired) electrons. The monoisotopic (exact) mass is 272 g/mol. The van der Waals surface area contributed by atoms with E-state index in [9.17, 15) is 4.79 Å². The van der Waals surface area contributed by atoms with Crippen LogP contribution in [-0.2, 0) is 22.6 Å². The van der Waals surface area contributed by atoms with E-state index in [1.165, 1.54) is 0 Å². The molecule has 0 unspecified atom stereocenters. The number of fused-ring (bicyclic) bond motifs is 1. The summed E-state index contributed by atoms with van der Waals surface area (Å²) in [6.45, 7) is 0.642. The molecule has 1 aliphatic rings. The van der Waals surface area contributed by atoms with E-state index in [1.54, 1.807) is 6.07 Å². The number of carboxylic acid groups (broad SMARTS) is 1. The van der Waals surface area contributed by atoms with Crippen LogP contribution in [0, 0.1) is 0 Å². The number of hydrogen-bond acceptors (Lipinski definition) is 3. The number of rotatable bonds is 2. The summed E-state index contributed by atoms with van der Waals surface area (Å²) in [6, 6.07) is 3.64. The number of carboxylic acids is 1. The molecule has 0 saturated carbocycles. The van der Waals surface area contributed by atoms with Gasteiger partial charge in [0.05, 0.1) is 13.0 Å². The topological polar surface area (TPSA) is 55.8 Å². The average Bonchev–Trinajstić information content (AvgIpc) is 2.16. The first kappa shape index (κ1) is 10.4. The van der Waals surface area contributed by atoms with Crippen LogP contribution in [0.4, 0.5) is 0 Å². The smallest absolute Gasteiger partial charge is 0.307 e. The Hall–Kier alpha value is -1.07. The van der Waals surface area contributed by atoms with E-state index in [0.717, 1.165) is 10.0 Å². The number of ether oxygens (including phenoxy) is 2. The maximum absolute atomic E-state index is 10.7. The lowest BCUT2D eigenvalue weighted by atomic mass is 10.1. The maximum atomic E-state index is 10.7. The second-order valence-corrected chi connectivity index (χ2v) is 4.15. The summed E-state index contributed by atoms with van der Waals surface area (Å²) < 4.78 is 11.3. The molecule has 1 heterocycles. The Kier molecular flexibility index (Phi) is 2.93. The van der Waals surface area contributed by atoms with Crippen LogP contribution in [0.15, 0.2) is 16.6 Å². The molecule has 0 spiro atoms. The predicted molar refractivity (Wildman–Crippen MR) is 55.8 cm³/mol. The lowest BCUT2D eigenvalue weighted by molar-refractivity contribution is -0.136. The molecule has 1 aromatic carbocycles. The summed E-state index contributed by atoms with van der Waals surface area (Å²) >= 11 is 3.33. The number of aliphatic carboxylic acids is 1. The third kappa shape index (κ3) is 2.30. The Labute approximate surface area is 94.9 Å². The lowest BCUT2D eigenvalue weighted by Crippen LogP contribution is -2.14. The van der Waals surface area contributed by atoms with Gasteiger partial charge in [0.1, 0.15) is 5.75 Å². The zero-order valence-corrected chi connectivity index (χ0v) is 9.41. The Bertz CT molecular complexity index is 403. The van der Waals surface area contributed by atoms with E-state index in [4.69, 9.17) is 14.6 Å². The van der Waals surface area contributed by atoms with Gasteiger partial charge in [-0.1, -0.05) is 15.9 Å². The average molecular weight is 273 g/mol. The summed E-state index contributed by atoms with van der Waals surface area (Å²) in [5.74, 6) is -0.225. The minimum Gasteiger partial charge on any atom is -0.481 e. The molecule has 0 atom stereocenters. The Morgan fingerprint density at radius 2 is 2.33 bits per heavy atom. The molecule has 1 N–H and O–H groups in total. The van der Waals surface area contributed by atoms with Gasteiger partial charge in [0.2, 0.25) is 0 Å². The van der Waals surface area contributed by atoms with Gasteiger partial charge in [-0.25, -0.2) is 0 Å². The molecule has 80 valence electrons. The molecule has 0 amide bonds. The van der Waals surface area contributed by atoms with Gasteiger partial charge in [0.25, 0.3) is 0 Å². The first-order chi connectivity index (χ1) is 7.16. The summed E-state index contributed by atoms with van der Waals surface area (Å²) in [7, 11) is 0. The molecule has 1 aliphatic heterocycles. The zero-order chi connectivity index (χ0) is 10.8. The van der Waals surface area contributed by atoms with E-state index in [1.807, 2.05) is 6.07 Å². The van der Waals surface area contributed by atoms with Crippen LogP contribution >= 0.6 is 15.9 Å². The van der Waals surface area contributed by atoms with Crippen molar-refractivity contribution < 1.29 is 19.4 Å². The molecule has 0 bridgehead atoms. The van der Waals surface area contributed by atoms with Gasteiger partial charge in [0, 0.05) is 15.6 Å². The van der Waals surface area contributed by atoms with Gasteiger partial charge in [-0.3, -0.25) is 4.79 Å². The number of carbonyl (C=O) groups is 1. The highest BCUT2D eigenvalue weighted by Gasteiger charge is 2.17. The normalized spacial score (nSPS) is 14.2. The fourth-order valence-corrected chi connectivity index (χ4v) is 2.10. The van der Waals surface area contributed by atoms with Crippen LogP contribution in [-0.4, -0.2) is 17.9 Å². The van der Waals surface area contributed by atoms with Crippen molar-refractivity contribution >= 4 is 21.9 Å². The van der Waals surface area contributed by atoms with Crippen molar-refractivity contribution in [1.82, 2.24) is 0 Å². The van der Waals surface area contributed by atoms with Gasteiger partial charge in [-0.2, -0.15) is 0 Å². The quantitative estimate of drug-likeness (QED) is 0.894. The standard InChI is InChI=1S/C10H9BrO4/c11-8-1-6(3-9(12)13)10-7(2-8)4-14-5-15-10/h1-2H,3-5H2,(H,12,13). The molecular formula is C10H9BrO4. The highest BCUT2D eigenvalue weighted by atomic mass is 79.9. The Balaban J connectivity index is 2.43. The zero-order valence-electron chi connectivity index (χ0n) is 7.83. The van der Waals surface area contributed by atoms with Crippen molar-refractivity contribution in [3.05, 3.63) is 27.7 Å². The van der Waals surface area contributed by atoms with Gasteiger partial charge in [-0.15, -0.1) is 0 Å². The van der Waals surface area contributed by atoms with Gasteiger partial charge >= 0.3 is 5.97 Å². The first-order valence-corrected chi connectivity index (χ1v) is 5.20. The fraction of sp³-hybridized carbons (Fsp3) is 0.300. The molecule has 15 heavy (non-hydrogen) atoms. The third-order valence-corrected chi connectivity index (χ3v) is 2.55. The van der Waals surface area contributed by atoms with Gasteiger partial charge in [0.15, 0.2) is 6.79 Å². The van der Waals surface area contributed by atoms with Crippen LogP contribution in [0.1, 0.15) is 11.1 Å². The van der Waals surface area contributed by atoms with Crippen LogP contribution in [0.2, 0.25) is 0 Å². The molecular weight excluding hydrogens is 264 g/mol. The highest BCUT2D eigenvalue weighted by molar-refractivity contribution is 9.10. The molecule has 1 aromatic rings. The summed E-state index contributed by atoms with van der Waals surface area (Å²) in [5, 5.41) is 8.76. The van der Waals surface area contributed by atoms with Crippen molar-refractivity contribution in [2.75, 3.05) is 6.79 Å². The van der Waals surface area contributed by atoms with E-state index in [-0.39, 0.29) is 13.2 Å². The second-order valence-electron chi connectivity index (χ2n) is 3.23. The van der Waals surface area contributed by atoms with E-state index in [2.05, 4.69) is 15.9 Å². The third-order valence-electron chi connectivity index (χ3n) is 2.09. The SMILES string of the molecule is O=C(O)Cc1cc(Br)cc2c1OCOC2. The lowest BCUT2D eigenvalue weighted by Gasteiger charge is -2.20. The summed E-state index contributed by atoms with van der Waals surface area (Å²) in [5.41, 5.74) is 1.56. The van der Waals surface area contributed by atoms with Gasteiger partial charge < -0.3 is 14.6 Å². The minimum atomic E-state index is -0.870. The molecule has 0 aromatic heterocycles. The van der Waals surface area contributed by atoms with Crippen LogP contribution < -0.4 is 4.74 Å². The number of halogens is 1. The summed E-state index contributed by atoms with van der Waals surface area (Å²) in [4.78, 5) is 10.7. The maximum Gasteiger partial charge on any atom is 0.307 e. The largest absolute Gasteiger partial charge is 0.481 e. The van der Waals surface area contributed by atoms with Crippen LogP contribution in [0.3, 0.4) is 0 Å². The van der Waals surface area contributed by atoms with E-state index >= 15 is 0 Å². The molecule has 0 fully saturated rings. The van der Waals surface area contributed by atoms with Gasteiger partial charge in [-0.05, 0) is 12.1 Å². The Morgan fingerprint density at radius 1 is 1.53 bits per heavy atom. The predicted octanol–water partition coefficient (Wildman–Crippen LogP) is 1.94. The Morgan fingerprint density at radius 3 is 3.07 bits per heavy atom. The second kappa shape index (κ2) is 4.20. The number of hydrogen-bond donors (Lipinski definition) is 1. The van der Waals surface area contributed by atoms with Crippen LogP contribution in [0.5, 0.6) is 5.75 Å². The van der Waals surface area contributed by atoms with E-state index < -0.39 is 5.97 Å². The summed E-state index contributed by atoms with van der Waals surface area (Å²) in [6.07, 6.45) is -0.0399. The highest BCUT2D eigenvalue weighted by Crippen LogP contribution is 2.31. The molecule has 5 heteroatoms. The molecule has 2 rings (SSSR count). The fourth-order valence-electron chi connectivity index (χ4n) is 1.55. The van der Waals surface area contributed by atoms with E-state index in [0.29, 0.717) is 17.9 Å². The van der Waals surface area contributed by atoms with Crippen molar-refractivity contribution in [2.24, 2.45) is 0 Å². The van der Waals surface area contributed by atoms with Crippen molar-refractivity contribution in [2.45, 2.75) is 13.0 Å². The minimum absolute atomic E-state index is 0.0399. The van der Waals surface area contributed by atoms with Crippen LogP contribution in [0.25, 0.3) is 0 Å². The molecule has 0 saturated heterocycles. The van der Waals surface area contributed by atoms with Crippen molar-refractivity contribution in [3.8, 4) is 5.75 Å². The molecule has 0 aliphatic carbocycles. The van der Waals surface area contributed by atoms with Crippen molar-refractivity contribution in [3.63, 3.8) is 0 Å². The molecule has 4 nitrogen and oxygen atoms in total. The number of benzene rings is 1.